The van der Waals surface area contributed by atoms with Crippen molar-refractivity contribution in [3.05, 3.63) is 11.6 Å². The van der Waals surface area contributed by atoms with Gasteiger partial charge in [-0.25, -0.2) is 0 Å². The second kappa shape index (κ2) is 4.10. The number of allylic oxidation sites excluding steroid dienone is 1. The molecule has 0 N–H and O–H groups in total. The summed E-state index contributed by atoms with van der Waals surface area (Å²) in [5.41, 5.74) is 1.70. The Labute approximate surface area is 125 Å². The Morgan fingerprint density at radius 1 is 0.952 bits per heavy atom. The molecule has 0 radical (unpaired) electrons. The molecule has 3 atom stereocenters. The standard InChI is InChI=1S/C17H24O4/c1-15(18-7-8-19-15)16-5-6-17(20-9-10-21-17)14(11-16)12-3-2-4-13(12)16/h3,13-14H,2,4-11H2,1H3/t13-,14+,16+/m1/s1. The van der Waals surface area contributed by atoms with Crippen LogP contribution in [0, 0.1) is 17.3 Å². The molecular weight excluding hydrogens is 268 g/mol. The summed E-state index contributed by atoms with van der Waals surface area (Å²) in [6.45, 7) is 5.11. The predicted molar refractivity (Wildman–Crippen MR) is 75.5 cm³/mol. The summed E-state index contributed by atoms with van der Waals surface area (Å²) in [4.78, 5) is 0. The second-order valence-electron chi connectivity index (χ2n) is 7.40. The van der Waals surface area contributed by atoms with Gasteiger partial charge in [-0.1, -0.05) is 11.6 Å². The van der Waals surface area contributed by atoms with Crippen LogP contribution in [0.15, 0.2) is 11.6 Å². The first-order valence-electron chi connectivity index (χ1n) is 8.45. The quantitative estimate of drug-likeness (QED) is 0.696. The molecule has 0 aromatic carbocycles. The Morgan fingerprint density at radius 3 is 2.43 bits per heavy atom. The molecule has 4 fully saturated rings. The van der Waals surface area contributed by atoms with E-state index in [0.717, 1.165) is 45.7 Å². The van der Waals surface area contributed by atoms with Crippen molar-refractivity contribution in [1.29, 1.82) is 0 Å². The van der Waals surface area contributed by atoms with Crippen LogP contribution in [0.2, 0.25) is 0 Å². The lowest BCUT2D eigenvalue weighted by molar-refractivity contribution is -0.272. The highest BCUT2D eigenvalue weighted by molar-refractivity contribution is 5.32. The minimum Gasteiger partial charge on any atom is -0.347 e. The molecule has 0 amide bonds. The minimum absolute atomic E-state index is 0.122. The van der Waals surface area contributed by atoms with E-state index in [9.17, 15) is 0 Å². The van der Waals surface area contributed by atoms with E-state index in [-0.39, 0.29) is 11.2 Å². The number of fused-ring (bicyclic) bond motifs is 6. The van der Waals surface area contributed by atoms with Crippen molar-refractivity contribution in [3.8, 4) is 0 Å². The Kier molecular flexibility index (Phi) is 2.55. The lowest BCUT2D eigenvalue weighted by Gasteiger charge is -2.50. The van der Waals surface area contributed by atoms with Gasteiger partial charge in [0.15, 0.2) is 11.6 Å². The topological polar surface area (TPSA) is 36.9 Å². The van der Waals surface area contributed by atoms with Crippen molar-refractivity contribution >= 4 is 0 Å². The highest BCUT2D eigenvalue weighted by atomic mass is 16.7. The smallest absolute Gasteiger partial charge is 0.174 e. The Morgan fingerprint density at radius 2 is 1.67 bits per heavy atom. The van der Waals surface area contributed by atoms with Gasteiger partial charge in [0.1, 0.15) is 0 Å². The molecule has 5 aliphatic rings. The first-order chi connectivity index (χ1) is 10.2. The summed E-state index contributed by atoms with van der Waals surface area (Å²) < 4.78 is 24.5. The molecule has 4 nitrogen and oxygen atoms in total. The molecule has 0 aromatic heterocycles. The number of ether oxygens (including phenoxy) is 4. The van der Waals surface area contributed by atoms with Crippen molar-refractivity contribution in [1.82, 2.24) is 0 Å². The second-order valence-corrected chi connectivity index (χ2v) is 7.40. The van der Waals surface area contributed by atoms with Gasteiger partial charge in [-0.05, 0) is 38.5 Å². The van der Waals surface area contributed by atoms with Crippen LogP contribution >= 0.6 is 0 Å². The molecule has 0 aromatic rings. The summed E-state index contributed by atoms with van der Waals surface area (Å²) in [7, 11) is 0. The van der Waals surface area contributed by atoms with E-state index >= 15 is 0 Å². The third kappa shape index (κ3) is 1.45. The van der Waals surface area contributed by atoms with Crippen molar-refractivity contribution in [2.45, 2.75) is 50.6 Å². The van der Waals surface area contributed by atoms with Gasteiger partial charge in [0.2, 0.25) is 0 Å². The maximum atomic E-state index is 6.13. The predicted octanol–water partition coefficient (Wildman–Crippen LogP) is 2.63. The summed E-state index contributed by atoms with van der Waals surface area (Å²) in [6, 6.07) is 0. The number of hydrogen-bond acceptors (Lipinski definition) is 4. The van der Waals surface area contributed by atoms with Crippen LogP contribution in [-0.4, -0.2) is 38.0 Å². The molecule has 2 aliphatic heterocycles. The van der Waals surface area contributed by atoms with E-state index in [1.165, 1.54) is 12.8 Å². The molecule has 2 heterocycles. The van der Waals surface area contributed by atoms with Gasteiger partial charge in [0, 0.05) is 17.8 Å². The van der Waals surface area contributed by atoms with E-state index in [4.69, 9.17) is 18.9 Å². The number of rotatable bonds is 1. The third-order valence-corrected chi connectivity index (χ3v) is 6.84. The first kappa shape index (κ1) is 13.1. The average Bonchev–Trinajstić information content (AvgIpc) is 3.20. The molecule has 2 bridgehead atoms. The first-order valence-corrected chi connectivity index (χ1v) is 8.45. The largest absolute Gasteiger partial charge is 0.347 e. The SMILES string of the molecule is CC1([C@@]23CCC4(OCCO4)[C@@H](C2)C2=CCC[C@H]23)OCCO1. The molecule has 0 unspecified atom stereocenters. The van der Waals surface area contributed by atoms with Gasteiger partial charge in [0.05, 0.1) is 26.4 Å². The zero-order valence-electron chi connectivity index (χ0n) is 12.7. The average molecular weight is 292 g/mol. The van der Waals surface area contributed by atoms with Gasteiger partial charge in [-0.2, -0.15) is 0 Å². The minimum atomic E-state index is -0.421. The summed E-state index contributed by atoms with van der Waals surface area (Å²) >= 11 is 0. The molecule has 5 rings (SSSR count). The van der Waals surface area contributed by atoms with Crippen LogP contribution in [0.5, 0.6) is 0 Å². The molecule has 3 aliphatic carbocycles. The van der Waals surface area contributed by atoms with E-state index in [1.54, 1.807) is 5.57 Å². The van der Waals surface area contributed by atoms with Gasteiger partial charge in [-0.15, -0.1) is 0 Å². The zero-order chi connectivity index (χ0) is 14.1. The van der Waals surface area contributed by atoms with Crippen molar-refractivity contribution in [2.24, 2.45) is 17.3 Å². The monoisotopic (exact) mass is 292 g/mol. The number of hydrogen-bond donors (Lipinski definition) is 0. The molecule has 2 saturated heterocycles. The van der Waals surface area contributed by atoms with E-state index in [0.29, 0.717) is 11.8 Å². The van der Waals surface area contributed by atoms with Crippen molar-refractivity contribution in [2.75, 3.05) is 26.4 Å². The molecule has 21 heavy (non-hydrogen) atoms. The fourth-order valence-electron chi connectivity index (χ4n) is 5.93. The maximum absolute atomic E-state index is 6.13. The fraction of sp³-hybridized carbons (Fsp3) is 0.882. The van der Waals surface area contributed by atoms with Crippen LogP contribution in [0.25, 0.3) is 0 Å². The summed E-state index contributed by atoms with van der Waals surface area (Å²) in [5.74, 6) is 0.239. The molecule has 2 saturated carbocycles. The molecule has 1 spiro atoms. The van der Waals surface area contributed by atoms with Gasteiger partial charge >= 0.3 is 0 Å². The Hall–Kier alpha value is -0.420. The summed E-state index contributed by atoms with van der Waals surface area (Å²) in [5, 5.41) is 0. The Bertz CT molecular complexity index is 487. The highest BCUT2D eigenvalue weighted by Gasteiger charge is 2.70. The van der Waals surface area contributed by atoms with Crippen LogP contribution < -0.4 is 0 Å². The van der Waals surface area contributed by atoms with Crippen LogP contribution in [0.4, 0.5) is 0 Å². The molecule has 4 heteroatoms. The Balaban J connectivity index is 1.59. The van der Waals surface area contributed by atoms with E-state index in [2.05, 4.69) is 13.0 Å². The maximum Gasteiger partial charge on any atom is 0.174 e. The van der Waals surface area contributed by atoms with E-state index in [1.807, 2.05) is 0 Å². The van der Waals surface area contributed by atoms with Crippen LogP contribution in [0.1, 0.15) is 39.0 Å². The van der Waals surface area contributed by atoms with Gasteiger partial charge in [0.25, 0.3) is 0 Å². The normalized spacial score (nSPS) is 46.0. The molecule has 116 valence electrons. The zero-order valence-corrected chi connectivity index (χ0v) is 12.7. The fourth-order valence-corrected chi connectivity index (χ4v) is 5.93. The third-order valence-electron chi connectivity index (χ3n) is 6.84. The van der Waals surface area contributed by atoms with Crippen molar-refractivity contribution < 1.29 is 18.9 Å². The highest BCUT2D eigenvalue weighted by Crippen LogP contribution is 2.69. The van der Waals surface area contributed by atoms with Gasteiger partial charge in [-0.3, -0.25) is 0 Å². The molecular formula is C17H24O4. The van der Waals surface area contributed by atoms with E-state index < -0.39 is 5.79 Å². The van der Waals surface area contributed by atoms with Gasteiger partial charge < -0.3 is 18.9 Å². The van der Waals surface area contributed by atoms with Crippen LogP contribution in [-0.2, 0) is 18.9 Å². The van der Waals surface area contributed by atoms with Crippen LogP contribution in [0.3, 0.4) is 0 Å². The lowest BCUT2D eigenvalue weighted by Crippen LogP contribution is -2.53. The summed E-state index contributed by atoms with van der Waals surface area (Å²) in [6.07, 6.45) is 8.04. The lowest BCUT2D eigenvalue weighted by atomic mass is 9.64. The van der Waals surface area contributed by atoms with Crippen molar-refractivity contribution in [3.63, 3.8) is 0 Å².